The fourth-order valence-corrected chi connectivity index (χ4v) is 4.32. The van der Waals surface area contributed by atoms with Crippen molar-refractivity contribution in [2.75, 3.05) is 19.7 Å². The molecular formula is C16H24N2O3S. The van der Waals surface area contributed by atoms with Crippen molar-refractivity contribution in [1.82, 2.24) is 10.0 Å². The molecule has 3 rings (SSSR count). The Morgan fingerprint density at radius 3 is 3.00 bits per heavy atom. The van der Waals surface area contributed by atoms with Crippen LogP contribution in [0.1, 0.15) is 32.3 Å². The molecule has 0 aromatic heterocycles. The highest BCUT2D eigenvalue weighted by molar-refractivity contribution is 7.89. The third-order valence-corrected chi connectivity index (χ3v) is 6.20. The zero-order valence-corrected chi connectivity index (χ0v) is 14.0. The summed E-state index contributed by atoms with van der Waals surface area (Å²) in [7, 11) is -3.48. The predicted octanol–water partition coefficient (Wildman–Crippen LogP) is 1.68. The molecule has 2 aliphatic rings. The van der Waals surface area contributed by atoms with Crippen molar-refractivity contribution in [3.63, 3.8) is 0 Å². The van der Waals surface area contributed by atoms with E-state index in [2.05, 4.69) is 23.9 Å². The van der Waals surface area contributed by atoms with Crippen molar-refractivity contribution in [2.24, 2.45) is 5.41 Å². The molecule has 1 fully saturated rings. The molecule has 2 aliphatic heterocycles. The lowest BCUT2D eigenvalue weighted by Gasteiger charge is -2.39. The van der Waals surface area contributed by atoms with E-state index in [1.54, 1.807) is 18.2 Å². The van der Waals surface area contributed by atoms with Gasteiger partial charge >= 0.3 is 0 Å². The van der Waals surface area contributed by atoms with E-state index in [4.69, 9.17) is 4.74 Å². The van der Waals surface area contributed by atoms with Crippen molar-refractivity contribution in [1.29, 1.82) is 0 Å². The Morgan fingerprint density at radius 1 is 1.41 bits per heavy atom. The van der Waals surface area contributed by atoms with Crippen LogP contribution in [0.25, 0.3) is 0 Å². The molecule has 2 N–H and O–H groups in total. The van der Waals surface area contributed by atoms with E-state index in [9.17, 15) is 8.42 Å². The summed E-state index contributed by atoms with van der Waals surface area (Å²) in [5, 5.41) is 3.43. The zero-order valence-electron chi connectivity index (χ0n) is 13.2. The van der Waals surface area contributed by atoms with Crippen LogP contribution in [0.15, 0.2) is 23.1 Å². The van der Waals surface area contributed by atoms with E-state index in [1.165, 1.54) is 0 Å². The van der Waals surface area contributed by atoms with E-state index < -0.39 is 10.0 Å². The van der Waals surface area contributed by atoms with Gasteiger partial charge in [0.25, 0.3) is 0 Å². The molecule has 1 atom stereocenters. The number of nitrogens with one attached hydrogen (secondary N) is 2. The number of sulfonamides is 1. The summed E-state index contributed by atoms with van der Waals surface area (Å²) in [6.45, 7) is 6.37. The Kier molecular flexibility index (Phi) is 4.18. The first-order valence-electron chi connectivity index (χ1n) is 7.87. The summed E-state index contributed by atoms with van der Waals surface area (Å²) in [5.41, 5.74) is 1.08. The lowest BCUT2D eigenvalue weighted by Crippen LogP contribution is -2.52. The highest BCUT2D eigenvalue weighted by atomic mass is 32.2. The van der Waals surface area contributed by atoms with Crippen LogP contribution in [0.5, 0.6) is 5.75 Å². The highest BCUT2D eigenvalue weighted by Gasteiger charge is 2.32. The van der Waals surface area contributed by atoms with Gasteiger partial charge in [-0.2, -0.15) is 0 Å². The van der Waals surface area contributed by atoms with Gasteiger partial charge in [0.2, 0.25) is 10.0 Å². The van der Waals surface area contributed by atoms with Crippen molar-refractivity contribution in [3.05, 3.63) is 23.8 Å². The number of rotatable bonds is 4. The summed E-state index contributed by atoms with van der Waals surface area (Å²) in [6, 6.07) is 5.25. The summed E-state index contributed by atoms with van der Waals surface area (Å²) < 4.78 is 33.2. The molecule has 0 saturated carbocycles. The number of benzene rings is 1. The molecule has 1 unspecified atom stereocenters. The van der Waals surface area contributed by atoms with Gasteiger partial charge in [0.05, 0.1) is 11.5 Å². The second-order valence-electron chi connectivity index (χ2n) is 6.82. The zero-order chi connectivity index (χ0) is 15.8. The van der Waals surface area contributed by atoms with Gasteiger partial charge < -0.3 is 10.1 Å². The Morgan fingerprint density at radius 2 is 2.23 bits per heavy atom. The average Bonchev–Trinajstić information content (AvgIpc) is 2.93. The molecule has 122 valence electrons. The van der Waals surface area contributed by atoms with E-state index in [1.807, 2.05) is 0 Å². The SMILES string of the molecule is CC1(C)CCCNC1CNS(=O)(=O)c1ccc2c(c1)CCO2. The van der Waals surface area contributed by atoms with Crippen molar-refractivity contribution >= 4 is 10.0 Å². The van der Waals surface area contributed by atoms with Crippen LogP contribution < -0.4 is 14.8 Å². The van der Waals surface area contributed by atoms with Gasteiger partial charge in [0, 0.05) is 19.0 Å². The summed E-state index contributed by atoms with van der Waals surface area (Å²) in [5.74, 6) is 0.800. The van der Waals surface area contributed by atoms with E-state index >= 15 is 0 Å². The topological polar surface area (TPSA) is 67.4 Å². The normalized spacial score (nSPS) is 23.8. The smallest absolute Gasteiger partial charge is 0.240 e. The quantitative estimate of drug-likeness (QED) is 0.884. The molecule has 5 nitrogen and oxygen atoms in total. The lowest BCUT2D eigenvalue weighted by molar-refractivity contribution is 0.181. The second-order valence-corrected chi connectivity index (χ2v) is 8.59. The van der Waals surface area contributed by atoms with Crippen LogP contribution in [0, 0.1) is 5.41 Å². The maximum atomic E-state index is 12.5. The van der Waals surface area contributed by atoms with Gasteiger partial charge in [-0.3, -0.25) is 0 Å². The first-order valence-corrected chi connectivity index (χ1v) is 9.36. The van der Waals surface area contributed by atoms with E-state index in [0.717, 1.165) is 37.1 Å². The summed E-state index contributed by atoms with van der Waals surface area (Å²) in [6.07, 6.45) is 3.03. The van der Waals surface area contributed by atoms with Crippen molar-refractivity contribution < 1.29 is 13.2 Å². The van der Waals surface area contributed by atoms with Gasteiger partial charge in [-0.15, -0.1) is 0 Å². The Labute approximate surface area is 132 Å². The van der Waals surface area contributed by atoms with Crippen LogP contribution in [0.3, 0.4) is 0 Å². The number of fused-ring (bicyclic) bond motifs is 1. The Bertz CT molecular complexity index is 655. The molecule has 0 radical (unpaired) electrons. The molecule has 1 aromatic carbocycles. The minimum Gasteiger partial charge on any atom is -0.493 e. The van der Waals surface area contributed by atoms with Crippen molar-refractivity contribution in [3.8, 4) is 5.75 Å². The van der Waals surface area contributed by atoms with Crippen LogP contribution in [-0.4, -0.2) is 34.2 Å². The summed E-state index contributed by atoms with van der Waals surface area (Å²) >= 11 is 0. The van der Waals surface area contributed by atoms with Crippen LogP contribution in [0.4, 0.5) is 0 Å². The van der Waals surface area contributed by atoms with Crippen molar-refractivity contribution in [2.45, 2.75) is 44.0 Å². The first-order chi connectivity index (χ1) is 10.4. The summed E-state index contributed by atoms with van der Waals surface area (Å²) in [4.78, 5) is 0.324. The molecule has 22 heavy (non-hydrogen) atoms. The minimum absolute atomic E-state index is 0.104. The minimum atomic E-state index is -3.48. The first kappa shape index (κ1) is 15.8. The Balaban J connectivity index is 1.71. The number of hydrogen-bond acceptors (Lipinski definition) is 4. The number of piperidine rings is 1. The number of hydrogen-bond donors (Lipinski definition) is 2. The van der Waals surface area contributed by atoms with Crippen LogP contribution >= 0.6 is 0 Å². The van der Waals surface area contributed by atoms with Gasteiger partial charge in [-0.05, 0) is 48.6 Å². The third kappa shape index (κ3) is 3.14. The average molecular weight is 324 g/mol. The van der Waals surface area contributed by atoms with E-state index in [0.29, 0.717) is 18.0 Å². The second kappa shape index (κ2) is 5.83. The molecule has 6 heteroatoms. The molecular weight excluding hydrogens is 300 g/mol. The van der Waals surface area contributed by atoms with Gasteiger partial charge in [-0.1, -0.05) is 13.8 Å². The number of ether oxygens (including phenoxy) is 1. The van der Waals surface area contributed by atoms with Crippen LogP contribution in [-0.2, 0) is 16.4 Å². The molecule has 1 saturated heterocycles. The van der Waals surface area contributed by atoms with E-state index in [-0.39, 0.29) is 11.5 Å². The Hall–Kier alpha value is -1.11. The fourth-order valence-electron chi connectivity index (χ4n) is 3.23. The van der Waals surface area contributed by atoms with Gasteiger partial charge in [0.15, 0.2) is 0 Å². The molecule has 2 heterocycles. The molecule has 0 aliphatic carbocycles. The standard InChI is InChI=1S/C16H24N2O3S/c1-16(2)7-3-8-17-15(16)11-18-22(19,20)13-4-5-14-12(10-13)6-9-21-14/h4-5,10,15,17-18H,3,6-9,11H2,1-2H3. The maximum absolute atomic E-state index is 12.5. The molecule has 0 amide bonds. The predicted molar refractivity (Wildman–Crippen MR) is 85.6 cm³/mol. The van der Waals surface area contributed by atoms with Crippen LogP contribution in [0.2, 0.25) is 0 Å². The lowest BCUT2D eigenvalue weighted by atomic mass is 9.78. The largest absolute Gasteiger partial charge is 0.493 e. The van der Waals surface area contributed by atoms with Gasteiger partial charge in [0.1, 0.15) is 5.75 Å². The maximum Gasteiger partial charge on any atom is 0.240 e. The molecule has 0 spiro atoms. The van der Waals surface area contributed by atoms with Gasteiger partial charge in [-0.25, -0.2) is 13.1 Å². The molecule has 0 bridgehead atoms. The molecule has 1 aromatic rings. The third-order valence-electron chi connectivity index (χ3n) is 4.78. The highest BCUT2D eigenvalue weighted by Crippen LogP contribution is 2.30. The monoisotopic (exact) mass is 324 g/mol. The fraction of sp³-hybridized carbons (Fsp3) is 0.625.